The molecule has 0 radical (unpaired) electrons. The number of hydrogen-bond donors (Lipinski definition) is 17. The van der Waals surface area contributed by atoms with Crippen LogP contribution in [-0.2, 0) is 66.6 Å². The van der Waals surface area contributed by atoms with Crippen molar-refractivity contribution in [2.45, 2.75) is 154 Å². The highest BCUT2D eigenvalue weighted by molar-refractivity contribution is 5.75. The van der Waals surface area contributed by atoms with Crippen LogP contribution < -0.4 is 0 Å². The fraction of sp³-hybridized carbons (Fsp3) is 0.833. The van der Waals surface area contributed by atoms with Crippen LogP contribution in [0.25, 0.3) is 0 Å². The molecule has 5 fully saturated rings. The Labute approximate surface area is 337 Å². The number of carboxylic acid groups (broad SMARTS) is 5. The van der Waals surface area contributed by atoms with Crippen molar-refractivity contribution in [3.05, 3.63) is 0 Å². The van der Waals surface area contributed by atoms with Gasteiger partial charge in [-0.15, -0.1) is 0 Å². The van der Waals surface area contributed by atoms with E-state index < -0.39 is 183 Å². The van der Waals surface area contributed by atoms with Gasteiger partial charge in [0.2, 0.25) is 0 Å². The summed E-state index contributed by atoms with van der Waals surface area (Å²) >= 11 is 0. The average molecular weight is 899 g/mol. The van der Waals surface area contributed by atoms with Crippen LogP contribution in [0.15, 0.2) is 0 Å². The van der Waals surface area contributed by atoms with Crippen LogP contribution in [0.4, 0.5) is 0 Å². The lowest BCUT2D eigenvalue weighted by Gasteiger charge is -2.48. The van der Waals surface area contributed by atoms with Crippen LogP contribution in [-0.4, -0.2) is 270 Å². The molecule has 0 spiro atoms. The van der Waals surface area contributed by atoms with Crippen molar-refractivity contribution in [1.82, 2.24) is 0 Å². The third-order valence-corrected chi connectivity index (χ3v) is 10.1. The molecule has 0 saturated carbocycles. The van der Waals surface area contributed by atoms with Crippen molar-refractivity contribution >= 4 is 29.8 Å². The van der Waals surface area contributed by atoms with E-state index in [9.17, 15) is 111 Å². The summed E-state index contributed by atoms with van der Waals surface area (Å²) in [4.78, 5) is 59.9. The minimum Gasteiger partial charge on any atom is -0.479 e. The predicted molar refractivity (Wildman–Crippen MR) is 169 cm³/mol. The van der Waals surface area contributed by atoms with Gasteiger partial charge in [-0.3, -0.25) is 0 Å². The molecule has 17 N–H and O–H groups in total. The molecule has 25 atom stereocenters. The zero-order valence-electron chi connectivity index (χ0n) is 30.3. The van der Waals surface area contributed by atoms with Crippen molar-refractivity contribution in [3.63, 3.8) is 0 Å². The Morgan fingerprint density at radius 3 is 0.787 bits per heavy atom. The summed E-state index contributed by atoms with van der Waals surface area (Å²) in [5.74, 6) is -9.88. The molecule has 5 aliphatic heterocycles. The Balaban J connectivity index is 1.30. The minimum atomic E-state index is -2.56. The molecule has 0 bridgehead atoms. The number of ether oxygens (including phenoxy) is 9. The summed E-state index contributed by atoms with van der Waals surface area (Å²) in [7, 11) is 0. The van der Waals surface area contributed by atoms with Crippen molar-refractivity contribution in [3.8, 4) is 0 Å². The summed E-state index contributed by atoms with van der Waals surface area (Å²) < 4.78 is 45.9. The van der Waals surface area contributed by atoms with E-state index in [0.717, 1.165) is 0 Å². The van der Waals surface area contributed by atoms with Crippen LogP contribution in [0.2, 0.25) is 0 Å². The molecular formula is C30H42O31. The normalized spacial score (nSPS) is 49.4. The van der Waals surface area contributed by atoms with Crippen LogP contribution in [0.5, 0.6) is 0 Å². The number of aliphatic hydroxyl groups excluding tert-OH is 12. The standard InChI is InChI=1S/C30H42O31/c31-1-2(32)16(21(42)43)58-27(8(1)38)55-13-4(34)10(40)29(60-18(13)23(46)47)57-15-6(36)11(41)30(61-20(15)25(50)51)56-14-5(35)9(39)28(59-19(14)24(48)49)54-12-3(33)7(37)26(52)53-17(12)22(44)45/h1-20,26-41,52H,(H,42,43)(H,44,45)(H,46,47)(H,48,49)(H,50,51)/t1-,2-,3+,4+,5+,6+,7-,8-,9-,10-,11-,12-,13-,14-,15-,16+,17+,18+,19+,20+,26+,27+,28+,29+,30+/m0/s1. The zero-order valence-corrected chi connectivity index (χ0v) is 30.3. The molecule has 0 aliphatic carbocycles. The number of aliphatic carboxylic acids is 5. The van der Waals surface area contributed by atoms with Gasteiger partial charge in [-0.1, -0.05) is 0 Å². The average Bonchev–Trinajstić information content (AvgIpc) is 3.18. The van der Waals surface area contributed by atoms with Crippen molar-refractivity contribution in [1.29, 1.82) is 0 Å². The van der Waals surface area contributed by atoms with Crippen molar-refractivity contribution < 1.29 is 153 Å². The van der Waals surface area contributed by atoms with Gasteiger partial charge in [-0.05, 0) is 0 Å². The summed E-state index contributed by atoms with van der Waals surface area (Å²) in [5.41, 5.74) is 0. The number of carbonyl (C=O) groups is 5. The Bertz CT molecular complexity index is 1600. The van der Waals surface area contributed by atoms with Gasteiger partial charge in [0, 0.05) is 0 Å². The van der Waals surface area contributed by atoms with Gasteiger partial charge in [-0.25, -0.2) is 24.0 Å². The summed E-state index contributed by atoms with van der Waals surface area (Å²) in [5, 5.41) is 174. The van der Waals surface area contributed by atoms with E-state index in [4.69, 9.17) is 37.9 Å². The highest BCUT2D eigenvalue weighted by atomic mass is 16.8. The lowest BCUT2D eigenvalue weighted by atomic mass is 9.95. The quantitative estimate of drug-likeness (QED) is 0.0816. The number of hydrogen-bond acceptors (Lipinski definition) is 26. The second-order valence-corrected chi connectivity index (χ2v) is 14.1. The molecular weight excluding hydrogens is 856 g/mol. The second-order valence-electron chi connectivity index (χ2n) is 14.1. The molecule has 31 nitrogen and oxygen atoms in total. The van der Waals surface area contributed by atoms with E-state index in [1.165, 1.54) is 0 Å². The van der Waals surface area contributed by atoms with E-state index in [-0.39, 0.29) is 0 Å². The minimum absolute atomic E-state index is 1.87. The molecule has 0 aromatic rings. The summed E-state index contributed by atoms with van der Waals surface area (Å²) in [6, 6.07) is 0. The SMILES string of the molecule is O=C(O)[C@@H]1O[C@@H](O[C@H]2[C@H](O)[C@H](O)[C@H](O[C@H]3[C@H](O)[C@H](O)[C@H](O[C@H]4[C@H](O)[C@H](O)[C@H](O[C@H]5[C@H](O)[C@H](O)[C@H](O)O[C@H]5C(=O)O)O[C@H]4C(=O)O)O[C@H]3C(=O)O)O[C@H]2C(=O)O)[C@@H](O)[C@@H](O)[C@@H]1O. The molecule has 5 saturated heterocycles. The topological polar surface area (TPSA) is 512 Å². The maximum absolute atomic E-state index is 12.3. The molecule has 5 rings (SSSR count). The fourth-order valence-corrected chi connectivity index (χ4v) is 6.88. The maximum atomic E-state index is 12.3. The predicted octanol–water partition coefficient (Wildman–Crippen LogP) is -11.5. The molecule has 31 heteroatoms. The van der Waals surface area contributed by atoms with E-state index in [1.807, 2.05) is 0 Å². The first-order valence-electron chi connectivity index (χ1n) is 17.6. The van der Waals surface area contributed by atoms with Crippen LogP contribution in [0, 0.1) is 0 Å². The smallest absolute Gasteiger partial charge is 0.335 e. The third-order valence-electron chi connectivity index (χ3n) is 10.1. The largest absolute Gasteiger partial charge is 0.479 e. The summed E-state index contributed by atoms with van der Waals surface area (Å²) in [6.07, 6.45) is -59.6. The molecule has 5 aliphatic rings. The van der Waals surface area contributed by atoms with Crippen molar-refractivity contribution in [2.75, 3.05) is 0 Å². The molecule has 0 unspecified atom stereocenters. The van der Waals surface area contributed by atoms with Crippen LogP contribution >= 0.6 is 0 Å². The Kier molecular flexibility index (Phi) is 15.2. The van der Waals surface area contributed by atoms with Gasteiger partial charge < -0.3 is 129 Å². The number of carboxylic acids is 5. The van der Waals surface area contributed by atoms with Gasteiger partial charge in [0.15, 0.2) is 62.0 Å². The number of aliphatic hydroxyl groups is 12. The Hall–Kier alpha value is -3.49. The molecule has 0 amide bonds. The number of rotatable bonds is 13. The van der Waals surface area contributed by atoms with Gasteiger partial charge in [0.25, 0.3) is 0 Å². The van der Waals surface area contributed by atoms with Crippen molar-refractivity contribution in [2.24, 2.45) is 0 Å². The first-order valence-corrected chi connectivity index (χ1v) is 17.6. The monoisotopic (exact) mass is 898 g/mol. The van der Waals surface area contributed by atoms with Gasteiger partial charge >= 0.3 is 29.8 Å². The molecule has 348 valence electrons. The van der Waals surface area contributed by atoms with E-state index >= 15 is 0 Å². The Morgan fingerprint density at radius 1 is 0.279 bits per heavy atom. The van der Waals surface area contributed by atoms with Gasteiger partial charge in [0.05, 0.1) is 0 Å². The Morgan fingerprint density at radius 2 is 0.508 bits per heavy atom. The van der Waals surface area contributed by atoms with Crippen LogP contribution in [0.1, 0.15) is 0 Å². The van der Waals surface area contributed by atoms with E-state index in [0.29, 0.717) is 0 Å². The highest BCUT2D eigenvalue weighted by Crippen LogP contribution is 2.36. The molecule has 5 heterocycles. The fourth-order valence-electron chi connectivity index (χ4n) is 6.88. The lowest BCUT2D eigenvalue weighted by molar-refractivity contribution is -0.383. The molecule has 0 aromatic carbocycles. The lowest BCUT2D eigenvalue weighted by Crippen LogP contribution is -2.69. The highest BCUT2D eigenvalue weighted by Gasteiger charge is 2.59. The zero-order chi connectivity index (χ0) is 45.7. The molecule has 0 aromatic heterocycles. The van der Waals surface area contributed by atoms with E-state index in [1.54, 1.807) is 0 Å². The maximum Gasteiger partial charge on any atom is 0.335 e. The first kappa shape index (κ1) is 48.5. The summed E-state index contributed by atoms with van der Waals surface area (Å²) in [6.45, 7) is 0. The van der Waals surface area contributed by atoms with Crippen LogP contribution in [0.3, 0.4) is 0 Å². The van der Waals surface area contributed by atoms with Gasteiger partial charge in [0.1, 0.15) is 91.6 Å². The third kappa shape index (κ3) is 9.56. The van der Waals surface area contributed by atoms with E-state index in [2.05, 4.69) is 4.74 Å². The second kappa shape index (κ2) is 19.1. The van der Waals surface area contributed by atoms with Gasteiger partial charge in [-0.2, -0.15) is 0 Å². The first-order chi connectivity index (χ1) is 28.4. The molecule has 61 heavy (non-hydrogen) atoms.